The maximum Gasteiger partial charge on any atom is 0.338 e. The number of benzene rings is 1. The molecule has 1 aromatic rings. The second-order valence-corrected chi connectivity index (χ2v) is 6.23. The SMILES string of the molecule is Cl.O=C(OCC1CCCN2CCCCC12)c1ccc(F)c(F)c1. The van der Waals surface area contributed by atoms with Gasteiger partial charge in [0, 0.05) is 12.0 Å². The summed E-state index contributed by atoms with van der Waals surface area (Å²) in [6, 6.07) is 3.61. The van der Waals surface area contributed by atoms with E-state index in [4.69, 9.17) is 4.74 Å². The predicted molar refractivity (Wildman–Crippen MR) is 85.8 cm³/mol. The van der Waals surface area contributed by atoms with Gasteiger partial charge < -0.3 is 4.74 Å². The quantitative estimate of drug-likeness (QED) is 0.780. The Labute approximate surface area is 141 Å². The molecule has 2 fully saturated rings. The Hall–Kier alpha value is -1.20. The number of hydrogen-bond acceptors (Lipinski definition) is 3. The second kappa shape index (κ2) is 8.06. The molecule has 0 bridgehead atoms. The lowest BCUT2D eigenvalue weighted by Crippen LogP contribution is -2.49. The molecule has 0 N–H and O–H groups in total. The number of carbonyl (C=O) groups excluding carboxylic acids is 1. The Kier molecular flexibility index (Phi) is 6.36. The average molecular weight is 346 g/mol. The van der Waals surface area contributed by atoms with E-state index >= 15 is 0 Å². The third-order valence-electron chi connectivity index (χ3n) is 4.81. The Morgan fingerprint density at radius 2 is 1.91 bits per heavy atom. The van der Waals surface area contributed by atoms with Crippen LogP contribution in [0.4, 0.5) is 8.78 Å². The normalized spacial score (nSPS) is 24.4. The number of hydrogen-bond donors (Lipinski definition) is 0. The van der Waals surface area contributed by atoms with Crippen LogP contribution < -0.4 is 0 Å². The van der Waals surface area contributed by atoms with Gasteiger partial charge in [0.15, 0.2) is 11.6 Å². The molecule has 0 spiro atoms. The van der Waals surface area contributed by atoms with Gasteiger partial charge in [-0.3, -0.25) is 4.90 Å². The van der Waals surface area contributed by atoms with Gasteiger partial charge in [-0.25, -0.2) is 13.6 Å². The summed E-state index contributed by atoms with van der Waals surface area (Å²) in [5.74, 6) is -2.21. The van der Waals surface area contributed by atoms with E-state index in [9.17, 15) is 13.6 Å². The zero-order valence-corrected chi connectivity index (χ0v) is 13.8. The molecule has 2 saturated heterocycles. The molecule has 0 radical (unpaired) electrons. The van der Waals surface area contributed by atoms with Crippen LogP contribution in [-0.4, -0.2) is 36.6 Å². The molecule has 6 heteroatoms. The fourth-order valence-electron chi connectivity index (χ4n) is 3.66. The summed E-state index contributed by atoms with van der Waals surface area (Å²) in [5, 5.41) is 0. The van der Waals surface area contributed by atoms with Crippen LogP contribution in [0.2, 0.25) is 0 Å². The van der Waals surface area contributed by atoms with E-state index in [-0.39, 0.29) is 18.0 Å². The van der Waals surface area contributed by atoms with Crippen molar-refractivity contribution >= 4 is 18.4 Å². The summed E-state index contributed by atoms with van der Waals surface area (Å²) in [4.78, 5) is 14.5. The van der Waals surface area contributed by atoms with Crippen molar-refractivity contribution < 1.29 is 18.3 Å². The van der Waals surface area contributed by atoms with Crippen LogP contribution in [0.15, 0.2) is 18.2 Å². The first-order valence-corrected chi connectivity index (χ1v) is 8.01. The van der Waals surface area contributed by atoms with Gasteiger partial charge in [-0.1, -0.05) is 6.42 Å². The minimum Gasteiger partial charge on any atom is -0.462 e. The fraction of sp³-hybridized carbons (Fsp3) is 0.588. The minimum atomic E-state index is -1.02. The molecular weight excluding hydrogens is 324 g/mol. The van der Waals surface area contributed by atoms with E-state index in [1.54, 1.807) is 0 Å². The van der Waals surface area contributed by atoms with Crippen molar-refractivity contribution in [2.45, 2.75) is 38.1 Å². The van der Waals surface area contributed by atoms with Crippen molar-refractivity contribution in [1.29, 1.82) is 0 Å². The summed E-state index contributed by atoms with van der Waals surface area (Å²) in [6.45, 7) is 2.63. The second-order valence-electron chi connectivity index (χ2n) is 6.23. The molecule has 2 aliphatic heterocycles. The van der Waals surface area contributed by atoms with Gasteiger partial charge in [-0.2, -0.15) is 0 Å². The Balaban J connectivity index is 0.00000192. The van der Waals surface area contributed by atoms with Gasteiger partial charge in [0.1, 0.15) is 0 Å². The van der Waals surface area contributed by atoms with Gasteiger partial charge in [0.05, 0.1) is 12.2 Å². The summed E-state index contributed by atoms with van der Waals surface area (Å²) >= 11 is 0. The van der Waals surface area contributed by atoms with Crippen molar-refractivity contribution in [2.75, 3.05) is 19.7 Å². The molecule has 0 saturated carbocycles. The van der Waals surface area contributed by atoms with Crippen molar-refractivity contribution in [3.8, 4) is 0 Å². The average Bonchev–Trinajstić information content (AvgIpc) is 2.55. The highest BCUT2D eigenvalue weighted by atomic mass is 35.5. The molecule has 0 amide bonds. The Morgan fingerprint density at radius 1 is 1.13 bits per heavy atom. The molecule has 3 rings (SSSR count). The molecule has 0 aromatic heterocycles. The summed E-state index contributed by atoms with van der Waals surface area (Å²) in [7, 11) is 0. The van der Waals surface area contributed by atoms with Crippen LogP contribution in [0, 0.1) is 17.6 Å². The van der Waals surface area contributed by atoms with E-state index in [1.807, 2.05) is 0 Å². The van der Waals surface area contributed by atoms with Crippen LogP contribution >= 0.6 is 12.4 Å². The van der Waals surface area contributed by atoms with Crippen molar-refractivity contribution in [3.05, 3.63) is 35.4 Å². The number of nitrogens with zero attached hydrogens (tertiary/aromatic N) is 1. The maximum absolute atomic E-state index is 13.2. The maximum atomic E-state index is 13.2. The fourth-order valence-corrected chi connectivity index (χ4v) is 3.66. The highest BCUT2D eigenvalue weighted by molar-refractivity contribution is 5.89. The number of carbonyl (C=O) groups is 1. The van der Waals surface area contributed by atoms with Crippen LogP contribution in [0.1, 0.15) is 42.5 Å². The van der Waals surface area contributed by atoms with Crippen molar-refractivity contribution in [2.24, 2.45) is 5.92 Å². The molecule has 3 nitrogen and oxygen atoms in total. The molecule has 2 heterocycles. The summed E-state index contributed by atoms with van der Waals surface area (Å²) in [6.07, 6.45) is 5.83. The molecule has 2 unspecified atom stereocenters. The van der Waals surface area contributed by atoms with Gasteiger partial charge >= 0.3 is 5.97 Å². The van der Waals surface area contributed by atoms with Crippen molar-refractivity contribution in [3.63, 3.8) is 0 Å². The number of esters is 1. The highest BCUT2D eigenvalue weighted by Gasteiger charge is 2.33. The third-order valence-corrected chi connectivity index (χ3v) is 4.81. The lowest BCUT2D eigenvalue weighted by atomic mass is 9.84. The first-order chi connectivity index (χ1) is 10.6. The largest absolute Gasteiger partial charge is 0.462 e. The number of rotatable bonds is 3. The van der Waals surface area contributed by atoms with E-state index in [0.29, 0.717) is 18.6 Å². The summed E-state index contributed by atoms with van der Waals surface area (Å²) < 4.78 is 31.4. The molecule has 0 aliphatic carbocycles. The molecule has 23 heavy (non-hydrogen) atoms. The predicted octanol–water partition coefficient (Wildman–Crippen LogP) is 3.81. The number of fused-ring (bicyclic) bond motifs is 1. The first kappa shape index (κ1) is 18.1. The standard InChI is InChI=1S/C17H21F2NO2.ClH/c18-14-7-6-12(10-15(14)19)17(21)22-11-13-4-3-9-20-8-2-1-5-16(13)20;/h6-7,10,13,16H,1-5,8-9,11H2;1H. The van der Waals surface area contributed by atoms with E-state index in [1.165, 1.54) is 18.9 Å². The van der Waals surface area contributed by atoms with Gasteiger partial charge in [0.2, 0.25) is 0 Å². The van der Waals surface area contributed by atoms with E-state index in [0.717, 1.165) is 44.5 Å². The lowest BCUT2D eigenvalue weighted by molar-refractivity contribution is 0.00735. The van der Waals surface area contributed by atoms with E-state index < -0.39 is 17.6 Å². The van der Waals surface area contributed by atoms with Crippen LogP contribution in [0.25, 0.3) is 0 Å². The van der Waals surface area contributed by atoms with Gasteiger partial charge in [0.25, 0.3) is 0 Å². The number of ether oxygens (including phenoxy) is 1. The monoisotopic (exact) mass is 345 g/mol. The van der Waals surface area contributed by atoms with E-state index in [2.05, 4.69) is 4.90 Å². The Morgan fingerprint density at radius 3 is 2.70 bits per heavy atom. The highest BCUT2D eigenvalue weighted by Crippen LogP contribution is 2.31. The van der Waals surface area contributed by atoms with Gasteiger partial charge in [-0.05, 0) is 57.0 Å². The smallest absolute Gasteiger partial charge is 0.338 e. The van der Waals surface area contributed by atoms with Crippen molar-refractivity contribution in [1.82, 2.24) is 4.90 Å². The summed E-state index contributed by atoms with van der Waals surface area (Å²) in [5.41, 5.74) is 0.0650. The zero-order valence-electron chi connectivity index (χ0n) is 13.0. The topological polar surface area (TPSA) is 29.5 Å². The number of piperidine rings is 2. The zero-order chi connectivity index (χ0) is 15.5. The lowest BCUT2D eigenvalue weighted by Gasteiger charge is -2.44. The molecule has 2 atom stereocenters. The molecule has 128 valence electrons. The first-order valence-electron chi connectivity index (χ1n) is 8.01. The van der Waals surface area contributed by atoms with Crippen LogP contribution in [0.3, 0.4) is 0 Å². The molecule has 2 aliphatic rings. The molecule has 1 aromatic carbocycles. The Bertz CT molecular complexity index is 553. The minimum absolute atomic E-state index is 0. The van der Waals surface area contributed by atoms with Crippen LogP contribution in [0.5, 0.6) is 0 Å². The number of halogens is 3. The molecular formula is C17H22ClF2NO2. The van der Waals surface area contributed by atoms with Crippen LogP contribution in [-0.2, 0) is 4.74 Å². The van der Waals surface area contributed by atoms with Gasteiger partial charge in [-0.15, -0.1) is 12.4 Å². The third kappa shape index (κ3) is 4.21.